The van der Waals surface area contributed by atoms with Crippen LogP contribution in [0.25, 0.3) is 0 Å². The van der Waals surface area contributed by atoms with Crippen molar-refractivity contribution in [1.29, 1.82) is 0 Å². The third kappa shape index (κ3) is 3.25. The molecule has 0 unspecified atom stereocenters. The van der Waals surface area contributed by atoms with Crippen LogP contribution in [-0.2, 0) is 23.6 Å². The Labute approximate surface area is 56.8 Å². The average Bonchev–Trinajstić information content (AvgIpc) is 1.68. The van der Waals surface area contributed by atoms with Crippen LogP contribution in [0.1, 0.15) is 27.2 Å². The fraction of sp³-hybridized carbons (Fsp3) is 1.00. The zero-order valence-corrected chi connectivity index (χ0v) is 7.96. The molecule has 43 valence electrons. The van der Waals surface area contributed by atoms with Crippen molar-refractivity contribution in [2.75, 3.05) is 0 Å². The molecule has 0 aromatic rings. The molecule has 2 heteroatoms. The fourth-order valence-corrected chi connectivity index (χ4v) is 0.482. The Bertz CT molecular complexity index is 46.0. The summed E-state index contributed by atoms with van der Waals surface area (Å²) in [6, 6.07) is 0. The van der Waals surface area contributed by atoms with Crippen LogP contribution in [-0.4, -0.2) is 5.60 Å². The van der Waals surface area contributed by atoms with Crippen molar-refractivity contribution in [2.24, 2.45) is 0 Å². The van der Waals surface area contributed by atoms with Crippen LogP contribution < -0.4 is 0 Å². The molecule has 0 amide bonds. The molecule has 0 fully saturated rings. The Morgan fingerprint density at radius 2 is 2.00 bits per heavy atom. The first-order chi connectivity index (χ1) is 3.12. The van der Waals surface area contributed by atoms with Gasteiger partial charge in [0.15, 0.2) is 0 Å². The number of hydrogen-bond acceptors (Lipinski definition) is 1. The summed E-state index contributed by atoms with van der Waals surface area (Å²) in [6.07, 6.45) is 1.09. The molecule has 7 heavy (non-hydrogen) atoms. The van der Waals surface area contributed by atoms with Gasteiger partial charge in [0.05, 0.1) is 0 Å². The molecule has 0 radical (unpaired) electrons. The van der Waals surface area contributed by atoms with Gasteiger partial charge < -0.3 is 0 Å². The molecule has 1 nitrogen and oxygen atoms in total. The van der Waals surface area contributed by atoms with E-state index >= 15 is 0 Å². The van der Waals surface area contributed by atoms with Gasteiger partial charge in [-0.15, -0.1) is 0 Å². The van der Waals surface area contributed by atoms with Gasteiger partial charge in [-0.2, -0.15) is 0 Å². The van der Waals surface area contributed by atoms with Gasteiger partial charge in [0, 0.05) is 0 Å². The first-order valence-corrected chi connectivity index (χ1v) is 3.63. The fourth-order valence-electron chi connectivity index (χ4n) is 0.0589. The third-order valence-electron chi connectivity index (χ3n) is 1.08. The van der Waals surface area contributed by atoms with Crippen LogP contribution in [0.5, 0.6) is 0 Å². The molecule has 0 rings (SSSR count). The Balaban J connectivity index is 3.36. The topological polar surface area (TPSA) is 9.23 Å². The Kier molecular flexibility index (Phi) is 3.10. The van der Waals surface area contributed by atoms with Crippen LogP contribution in [0.15, 0.2) is 0 Å². The van der Waals surface area contributed by atoms with Gasteiger partial charge in [-0.25, -0.2) is 0 Å². The maximum absolute atomic E-state index is 5.17. The van der Waals surface area contributed by atoms with E-state index in [4.69, 9.17) is 3.39 Å². The first-order valence-electron chi connectivity index (χ1n) is 2.43. The van der Waals surface area contributed by atoms with Crippen molar-refractivity contribution >= 4 is 0 Å². The summed E-state index contributed by atoms with van der Waals surface area (Å²) in [7, 11) is 0. The molecule has 0 aromatic carbocycles. The SMILES string of the molecule is CCC(C)(C)[O][W]. The van der Waals surface area contributed by atoms with E-state index in [9.17, 15) is 0 Å². The van der Waals surface area contributed by atoms with Crippen molar-refractivity contribution in [1.82, 2.24) is 0 Å². The zero-order valence-electron chi connectivity index (χ0n) is 5.02. The summed E-state index contributed by atoms with van der Waals surface area (Å²) in [5, 5.41) is 0. The predicted octanol–water partition coefficient (Wildman–Crippen LogP) is 1.65. The molecule has 0 spiro atoms. The molecule has 0 bridgehead atoms. The zero-order chi connectivity index (χ0) is 5.91. The van der Waals surface area contributed by atoms with Crippen molar-refractivity contribution in [3.05, 3.63) is 0 Å². The second kappa shape index (κ2) is 2.84. The molecule has 0 saturated carbocycles. The molecule has 0 aromatic heterocycles. The van der Waals surface area contributed by atoms with Crippen molar-refractivity contribution in [2.45, 2.75) is 32.8 Å². The predicted molar refractivity (Wildman–Crippen MR) is 25.5 cm³/mol. The molecule has 0 aliphatic heterocycles. The van der Waals surface area contributed by atoms with Gasteiger partial charge in [-0.1, -0.05) is 0 Å². The normalized spacial score (nSPS) is 11.9. The minimum atomic E-state index is 0.120. The summed E-state index contributed by atoms with van der Waals surface area (Å²) in [4.78, 5) is 0. The first kappa shape index (κ1) is 7.65. The van der Waals surface area contributed by atoms with Gasteiger partial charge in [0.25, 0.3) is 0 Å². The summed E-state index contributed by atoms with van der Waals surface area (Å²) in [5.74, 6) is 0. The van der Waals surface area contributed by atoms with E-state index < -0.39 is 0 Å². The van der Waals surface area contributed by atoms with Crippen LogP contribution in [0.3, 0.4) is 0 Å². The second-order valence-corrected chi connectivity index (χ2v) is 2.80. The van der Waals surface area contributed by atoms with E-state index in [0.29, 0.717) is 0 Å². The van der Waals surface area contributed by atoms with E-state index in [1.165, 1.54) is 20.2 Å². The second-order valence-electron chi connectivity index (χ2n) is 2.20. The maximum atomic E-state index is 5.17. The number of hydrogen-bond donors (Lipinski definition) is 0. The summed E-state index contributed by atoms with van der Waals surface area (Å²) < 4.78 is 5.17. The molecular weight excluding hydrogens is 260 g/mol. The van der Waals surface area contributed by atoms with Crippen LogP contribution >= 0.6 is 0 Å². The van der Waals surface area contributed by atoms with E-state index in [1.54, 1.807) is 0 Å². The molecule has 0 aliphatic rings. The minimum absolute atomic E-state index is 0.120. The van der Waals surface area contributed by atoms with Crippen molar-refractivity contribution < 1.29 is 23.6 Å². The monoisotopic (exact) mass is 271 g/mol. The third-order valence-corrected chi connectivity index (χ3v) is 2.70. The van der Waals surface area contributed by atoms with Crippen LogP contribution in [0.4, 0.5) is 0 Å². The van der Waals surface area contributed by atoms with Crippen molar-refractivity contribution in [3.8, 4) is 0 Å². The summed E-state index contributed by atoms with van der Waals surface area (Å²) in [5.41, 5.74) is 0.120. The molecular formula is C5H11OW. The van der Waals surface area contributed by atoms with E-state index in [0.717, 1.165) is 6.42 Å². The average molecular weight is 271 g/mol. The van der Waals surface area contributed by atoms with Gasteiger partial charge in [-0.05, 0) is 0 Å². The van der Waals surface area contributed by atoms with Gasteiger partial charge in [0.2, 0.25) is 0 Å². The van der Waals surface area contributed by atoms with Gasteiger partial charge >= 0.3 is 56.4 Å². The Morgan fingerprint density at radius 1 is 1.57 bits per heavy atom. The summed E-state index contributed by atoms with van der Waals surface area (Å²) >= 11 is 1.21. The summed E-state index contributed by atoms with van der Waals surface area (Å²) in [6.45, 7) is 6.32. The van der Waals surface area contributed by atoms with E-state index in [-0.39, 0.29) is 5.60 Å². The van der Waals surface area contributed by atoms with Crippen LogP contribution in [0, 0.1) is 0 Å². The van der Waals surface area contributed by atoms with Gasteiger partial charge in [-0.3, -0.25) is 0 Å². The molecule has 0 heterocycles. The molecule has 0 aliphatic carbocycles. The molecule has 0 N–H and O–H groups in total. The molecule has 0 atom stereocenters. The Morgan fingerprint density at radius 3 is 2.00 bits per heavy atom. The Hall–Kier alpha value is 0.648. The molecule has 0 saturated heterocycles. The number of rotatable bonds is 2. The quantitative estimate of drug-likeness (QED) is 0.742. The van der Waals surface area contributed by atoms with Crippen LogP contribution in [0.2, 0.25) is 0 Å². The van der Waals surface area contributed by atoms with E-state index in [2.05, 4.69) is 20.8 Å². The van der Waals surface area contributed by atoms with E-state index in [1.807, 2.05) is 0 Å². The standard InChI is InChI=1S/C5H11O.W/c1-4-5(2,3)6;/h4H2,1-3H3;/q-1;+1. The van der Waals surface area contributed by atoms with Crippen molar-refractivity contribution in [3.63, 3.8) is 0 Å². The van der Waals surface area contributed by atoms with Gasteiger partial charge in [0.1, 0.15) is 0 Å².